The minimum absolute atomic E-state index is 0.105. The minimum atomic E-state index is -5.49. The molecule has 1 aliphatic heterocycles. The number of phosphoric ester groups is 3. The van der Waals surface area contributed by atoms with E-state index in [1.54, 1.807) is 0 Å². The third kappa shape index (κ3) is 14.6. The van der Waals surface area contributed by atoms with Gasteiger partial charge in [0.15, 0.2) is 26.1 Å². The molecule has 41 heavy (non-hydrogen) atoms. The molecule has 24 heteroatoms. The van der Waals surface area contributed by atoms with Gasteiger partial charge in [-0.15, -0.1) is 0 Å². The van der Waals surface area contributed by atoms with E-state index in [2.05, 4.69) is 13.6 Å². The summed E-state index contributed by atoms with van der Waals surface area (Å²) in [5.74, 6) is -5.13. The fraction of sp³-hybridized carbons (Fsp3) is 0.824. The lowest BCUT2D eigenvalue weighted by atomic mass is 9.99. The third-order valence-corrected chi connectivity index (χ3v) is 7.46. The second kappa shape index (κ2) is 17.0. The van der Waals surface area contributed by atoms with Crippen LogP contribution in [0.1, 0.15) is 19.8 Å². The average molecular weight is 664 g/mol. The molecule has 1 rings (SSSR count). The third-order valence-electron chi connectivity index (χ3n) is 4.57. The highest BCUT2D eigenvalue weighted by Crippen LogP contribution is 2.54. The normalized spacial score (nSPS) is 27.3. The summed E-state index contributed by atoms with van der Waals surface area (Å²) in [5, 5.41) is 26.3. The summed E-state index contributed by atoms with van der Waals surface area (Å²) in [4.78, 5) is 62.7. The molecule has 21 nitrogen and oxygen atoms in total. The molecule has 0 bridgehead atoms. The van der Waals surface area contributed by atoms with Crippen molar-refractivity contribution in [1.82, 2.24) is 0 Å². The first-order valence-corrected chi connectivity index (χ1v) is 15.8. The van der Waals surface area contributed by atoms with E-state index in [1.807, 2.05) is 6.92 Å². The van der Waals surface area contributed by atoms with Gasteiger partial charge in [0.25, 0.3) is 0 Å². The van der Waals surface area contributed by atoms with E-state index in [1.165, 1.54) is 0 Å². The van der Waals surface area contributed by atoms with Gasteiger partial charge in [-0.3, -0.25) is 27.1 Å². The van der Waals surface area contributed by atoms with Crippen molar-refractivity contribution in [2.24, 2.45) is 0 Å². The van der Waals surface area contributed by atoms with Crippen LogP contribution in [0.4, 0.5) is 0 Å². The fourth-order valence-corrected chi connectivity index (χ4v) is 5.61. The number of phosphoric acid groups is 3. The van der Waals surface area contributed by atoms with Crippen LogP contribution in [0.3, 0.4) is 0 Å². The number of ether oxygens (including phenoxy) is 3. The van der Waals surface area contributed by atoms with Crippen LogP contribution >= 0.6 is 23.5 Å². The Morgan fingerprint density at radius 2 is 1.15 bits per heavy atom. The molecule has 0 amide bonds. The van der Waals surface area contributed by atoms with Gasteiger partial charge in [0.05, 0.1) is 6.61 Å². The second-order valence-corrected chi connectivity index (χ2v) is 12.0. The Hall–Kier alpha value is -1.38. The molecule has 4 unspecified atom stereocenters. The van der Waals surface area contributed by atoms with E-state index < -0.39 is 98.5 Å². The molecular formula is C17H31O21P3. The van der Waals surface area contributed by atoms with Crippen LogP contribution in [0.15, 0.2) is 0 Å². The molecule has 8 atom stereocenters. The van der Waals surface area contributed by atoms with Crippen LogP contribution in [0, 0.1) is 0 Å². The zero-order valence-electron chi connectivity index (χ0n) is 21.5. The van der Waals surface area contributed by atoms with Gasteiger partial charge in [0.1, 0.15) is 24.4 Å². The zero-order chi connectivity index (χ0) is 31.4. The van der Waals surface area contributed by atoms with Crippen LogP contribution in [0.5, 0.6) is 0 Å². The summed E-state index contributed by atoms with van der Waals surface area (Å²) in [7, 11) is -15.3. The van der Waals surface area contributed by atoms with Crippen molar-refractivity contribution in [3.63, 3.8) is 0 Å². The van der Waals surface area contributed by atoms with Gasteiger partial charge < -0.3 is 44.2 Å². The maximum Gasteiger partial charge on any atom is 0.473 e. The maximum absolute atomic E-state index is 12.6. The first-order chi connectivity index (χ1) is 18.9. The van der Waals surface area contributed by atoms with Crippen molar-refractivity contribution >= 4 is 41.4 Å². The number of hydrogen-bond donors (Lipinski definition) is 6. The first kappa shape index (κ1) is 37.6. The van der Waals surface area contributed by atoms with E-state index in [4.69, 9.17) is 43.1 Å². The van der Waals surface area contributed by atoms with E-state index in [0.717, 1.165) is 7.11 Å². The summed E-state index contributed by atoms with van der Waals surface area (Å²) in [6.07, 6.45) is -8.98. The van der Waals surface area contributed by atoms with Gasteiger partial charge in [-0.2, -0.15) is 0 Å². The molecular weight excluding hydrogens is 633 g/mol. The average Bonchev–Trinajstić information content (AvgIpc) is 2.86. The smallest absolute Gasteiger partial charge is 0.473 e. The molecule has 0 saturated carbocycles. The van der Waals surface area contributed by atoms with Crippen molar-refractivity contribution in [2.45, 2.75) is 50.5 Å². The molecule has 0 spiro atoms. The Balaban J connectivity index is 3.57. The quantitative estimate of drug-likeness (QED) is 0.0691. The number of carbonyl (C=O) groups is 3. The van der Waals surface area contributed by atoms with Gasteiger partial charge in [-0.1, -0.05) is 13.3 Å². The van der Waals surface area contributed by atoms with Crippen molar-refractivity contribution in [3.05, 3.63) is 0 Å². The van der Waals surface area contributed by atoms with Crippen molar-refractivity contribution in [1.29, 1.82) is 0 Å². The Labute approximate surface area is 231 Å². The molecule has 240 valence electrons. The van der Waals surface area contributed by atoms with Crippen LogP contribution in [-0.4, -0.2) is 119 Å². The summed E-state index contributed by atoms with van der Waals surface area (Å²) >= 11 is 0. The monoisotopic (exact) mass is 664 g/mol. The van der Waals surface area contributed by atoms with Crippen molar-refractivity contribution < 1.29 is 99.4 Å². The number of unbranched alkanes of at least 4 members (excludes halogenated alkanes) is 1. The highest BCUT2D eigenvalue weighted by atomic mass is 31.2. The zero-order valence-corrected chi connectivity index (χ0v) is 24.2. The number of carboxylic acids is 3. The lowest BCUT2D eigenvalue weighted by Gasteiger charge is -2.45. The molecule has 0 aromatic rings. The topological polar surface area (TPSA) is 307 Å². The van der Waals surface area contributed by atoms with Gasteiger partial charge in [-0.05, 0) is 6.42 Å². The van der Waals surface area contributed by atoms with E-state index in [-0.39, 0.29) is 6.61 Å². The summed E-state index contributed by atoms with van der Waals surface area (Å²) < 4.78 is 81.3. The Kier molecular flexibility index (Phi) is 15.7. The number of carboxylic acid groups (broad SMARTS) is 3. The second-order valence-electron chi connectivity index (χ2n) is 7.82. The molecule has 1 heterocycles. The van der Waals surface area contributed by atoms with Crippen molar-refractivity contribution in [3.8, 4) is 0 Å². The number of rotatable bonds is 21. The molecule has 0 aromatic carbocycles. The van der Waals surface area contributed by atoms with Gasteiger partial charge in [-0.25, -0.2) is 28.1 Å². The van der Waals surface area contributed by atoms with Crippen LogP contribution < -0.4 is 0 Å². The summed E-state index contributed by atoms with van der Waals surface area (Å²) in [6.45, 7) is -2.71. The van der Waals surface area contributed by atoms with Gasteiger partial charge in [0.2, 0.25) is 0 Å². The lowest BCUT2D eigenvalue weighted by Crippen LogP contribution is -2.61. The fourth-order valence-electron chi connectivity index (χ4n) is 2.97. The Morgan fingerprint density at radius 1 is 0.732 bits per heavy atom. The molecule has 1 saturated heterocycles. The maximum atomic E-state index is 12.6. The van der Waals surface area contributed by atoms with Gasteiger partial charge in [0, 0.05) is 13.7 Å². The first-order valence-electron chi connectivity index (χ1n) is 11.3. The highest BCUT2D eigenvalue weighted by Gasteiger charge is 2.55. The lowest BCUT2D eigenvalue weighted by molar-refractivity contribution is -0.287. The summed E-state index contributed by atoms with van der Waals surface area (Å²) in [5.41, 5.74) is 0. The van der Waals surface area contributed by atoms with Crippen LogP contribution in [0.2, 0.25) is 0 Å². The molecule has 0 radical (unpaired) electrons. The molecule has 1 fully saturated rings. The minimum Gasteiger partial charge on any atom is -0.480 e. The highest BCUT2D eigenvalue weighted by molar-refractivity contribution is 7.48. The van der Waals surface area contributed by atoms with Gasteiger partial charge >= 0.3 is 41.4 Å². The predicted molar refractivity (Wildman–Crippen MR) is 126 cm³/mol. The molecule has 1 aliphatic rings. The number of aliphatic carboxylic acids is 3. The largest absolute Gasteiger partial charge is 0.480 e. The summed E-state index contributed by atoms with van der Waals surface area (Å²) in [6, 6.07) is 0. The standard InChI is InChI=1S/C17H31O21P3/c1-3-4-5-31-6-10-14(36-39(24,25)32-7-11(18)19)15(37-40(26,27)33-8-12(20)21)16(17(30-2)35-10)38-41(28,29)34-9-13(22)23/h10,14-17H,3-9H2,1-2H3,(H,18,19)(H,20,21)(H,22,23)(H,24,25)(H,26,27)(H,28,29)/t10-,14+,15+,16-,17?/m1/s1. The number of hydrogen-bond acceptors (Lipinski definition) is 15. The molecule has 6 N–H and O–H groups in total. The Morgan fingerprint density at radius 3 is 1.54 bits per heavy atom. The van der Waals surface area contributed by atoms with E-state index >= 15 is 0 Å². The van der Waals surface area contributed by atoms with E-state index in [9.17, 15) is 42.8 Å². The van der Waals surface area contributed by atoms with E-state index in [0.29, 0.717) is 12.8 Å². The van der Waals surface area contributed by atoms with Crippen LogP contribution in [-0.2, 0) is 69.4 Å². The SMILES string of the molecule is CCCCOC[C@H]1OC(OC)[C@H](OP(=O)(O)OCC(=O)O)[C@@H](OP(=O)(O)OCC(=O)O)[C@H]1OP(=O)(O)OCC(=O)O. The number of methoxy groups -OCH3 is 1. The van der Waals surface area contributed by atoms with Crippen molar-refractivity contribution in [2.75, 3.05) is 40.1 Å². The molecule has 0 aliphatic carbocycles. The molecule has 0 aromatic heterocycles. The predicted octanol–water partition coefficient (Wildman–Crippen LogP) is -0.0652. The van der Waals surface area contributed by atoms with Crippen LogP contribution in [0.25, 0.3) is 0 Å². The Bertz CT molecular complexity index is 1020.